The number of benzene rings is 1. The van der Waals surface area contributed by atoms with E-state index in [-0.39, 0.29) is 17.0 Å². The van der Waals surface area contributed by atoms with Gasteiger partial charge in [0.1, 0.15) is 5.71 Å². The number of nitro groups is 1. The lowest BCUT2D eigenvalue weighted by atomic mass is 10.1. The highest BCUT2D eigenvalue weighted by atomic mass is 32.1. The SMILES string of the molecule is O=C(Cc1ccc([N+](=O)[O-])cc1)N/N=C(\CC(=O)c1cccs1)C(F)(F)F. The summed E-state index contributed by atoms with van der Waals surface area (Å²) in [5.41, 5.74) is 0.534. The summed E-state index contributed by atoms with van der Waals surface area (Å²) in [7, 11) is 0. The lowest BCUT2D eigenvalue weighted by Gasteiger charge is -2.10. The molecule has 0 radical (unpaired) electrons. The Morgan fingerprint density at radius 3 is 2.37 bits per heavy atom. The highest BCUT2D eigenvalue weighted by Gasteiger charge is 2.37. The summed E-state index contributed by atoms with van der Waals surface area (Å²) >= 11 is 1.01. The van der Waals surface area contributed by atoms with E-state index in [1.807, 2.05) is 0 Å². The molecule has 11 heteroatoms. The van der Waals surface area contributed by atoms with Gasteiger partial charge in [0.25, 0.3) is 5.69 Å². The second kappa shape index (κ2) is 8.54. The predicted octanol–water partition coefficient (Wildman–Crippen LogP) is 3.51. The fraction of sp³-hybridized carbons (Fsp3) is 0.188. The molecule has 1 N–H and O–H groups in total. The van der Waals surface area contributed by atoms with E-state index in [9.17, 15) is 32.9 Å². The van der Waals surface area contributed by atoms with Crippen LogP contribution < -0.4 is 5.43 Å². The third-order valence-corrected chi connectivity index (χ3v) is 4.19. The number of amides is 1. The molecule has 2 aromatic rings. The lowest BCUT2D eigenvalue weighted by Crippen LogP contribution is -2.30. The largest absolute Gasteiger partial charge is 0.431 e. The summed E-state index contributed by atoms with van der Waals surface area (Å²) in [6.45, 7) is 0. The van der Waals surface area contributed by atoms with Gasteiger partial charge in [0.05, 0.1) is 22.6 Å². The number of hydrazone groups is 1. The first-order valence-corrected chi connectivity index (χ1v) is 8.27. The number of rotatable bonds is 7. The molecule has 7 nitrogen and oxygen atoms in total. The smallest absolute Gasteiger partial charge is 0.293 e. The second-order valence-corrected chi connectivity index (χ2v) is 6.22. The molecular weight excluding hydrogens is 387 g/mol. The first-order valence-electron chi connectivity index (χ1n) is 7.39. The Kier molecular flexibility index (Phi) is 6.40. The van der Waals surface area contributed by atoms with E-state index < -0.39 is 34.9 Å². The molecule has 1 aromatic heterocycles. The van der Waals surface area contributed by atoms with Crippen molar-refractivity contribution in [1.82, 2.24) is 5.43 Å². The molecule has 0 spiro atoms. The Labute approximate surface area is 154 Å². The van der Waals surface area contributed by atoms with Gasteiger partial charge in [0.15, 0.2) is 5.78 Å². The van der Waals surface area contributed by atoms with Crippen molar-refractivity contribution in [3.8, 4) is 0 Å². The van der Waals surface area contributed by atoms with Gasteiger partial charge in [-0.2, -0.15) is 18.3 Å². The van der Waals surface area contributed by atoms with Gasteiger partial charge in [-0.25, -0.2) is 5.43 Å². The van der Waals surface area contributed by atoms with Crippen molar-refractivity contribution in [3.05, 3.63) is 62.3 Å². The van der Waals surface area contributed by atoms with E-state index in [0.29, 0.717) is 5.56 Å². The van der Waals surface area contributed by atoms with Crippen LogP contribution in [-0.4, -0.2) is 28.5 Å². The molecule has 0 atom stereocenters. The van der Waals surface area contributed by atoms with Gasteiger partial charge in [-0.15, -0.1) is 11.3 Å². The number of nitro benzene ring substituents is 1. The van der Waals surface area contributed by atoms with E-state index in [1.54, 1.807) is 10.8 Å². The molecule has 142 valence electrons. The van der Waals surface area contributed by atoms with Crippen LogP contribution in [0.3, 0.4) is 0 Å². The first-order chi connectivity index (χ1) is 12.7. The molecule has 0 unspecified atom stereocenters. The van der Waals surface area contributed by atoms with Gasteiger partial charge in [-0.05, 0) is 17.0 Å². The van der Waals surface area contributed by atoms with Gasteiger partial charge < -0.3 is 0 Å². The Hall–Kier alpha value is -3.08. The predicted molar refractivity (Wildman–Crippen MR) is 91.7 cm³/mol. The fourth-order valence-electron chi connectivity index (χ4n) is 1.97. The van der Waals surface area contributed by atoms with Crippen LogP contribution in [0.15, 0.2) is 46.9 Å². The number of ketones is 1. The second-order valence-electron chi connectivity index (χ2n) is 5.27. The van der Waals surface area contributed by atoms with Crippen LogP contribution in [-0.2, 0) is 11.2 Å². The summed E-state index contributed by atoms with van der Waals surface area (Å²) in [4.78, 5) is 33.7. The number of non-ortho nitro benzene ring substituents is 1. The van der Waals surface area contributed by atoms with Crippen molar-refractivity contribution >= 4 is 34.4 Å². The van der Waals surface area contributed by atoms with Crippen molar-refractivity contribution in [2.75, 3.05) is 0 Å². The molecule has 27 heavy (non-hydrogen) atoms. The molecule has 1 aromatic carbocycles. The van der Waals surface area contributed by atoms with Crippen LogP contribution in [0, 0.1) is 10.1 Å². The number of nitrogens with one attached hydrogen (secondary N) is 1. The standard InChI is InChI=1S/C16H12F3N3O4S/c17-16(18,19)14(9-12(23)13-2-1-7-27-13)20-21-15(24)8-10-3-5-11(6-4-10)22(25)26/h1-7H,8-9H2,(H,21,24)/b20-14+. The maximum absolute atomic E-state index is 13.0. The number of hydrogen-bond donors (Lipinski definition) is 1. The van der Waals surface area contributed by atoms with E-state index in [0.717, 1.165) is 11.3 Å². The molecule has 1 heterocycles. The third kappa shape index (κ3) is 5.99. The van der Waals surface area contributed by atoms with E-state index in [1.165, 1.54) is 36.4 Å². The highest BCUT2D eigenvalue weighted by molar-refractivity contribution is 7.12. The third-order valence-electron chi connectivity index (χ3n) is 3.28. The Morgan fingerprint density at radius 1 is 1.19 bits per heavy atom. The number of hydrogen-bond acceptors (Lipinski definition) is 6. The summed E-state index contributed by atoms with van der Waals surface area (Å²) in [6, 6.07) is 7.90. The number of halogens is 3. The molecule has 0 aliphatic heterocycles. The lowest BCUT2D eigenvalue weighted by molar-refractivity contribution is -0.384. The summed E-state index contributed by atoms with van der Waals surface area (Å²) in [5.74, 6) is -1.61. The molecular formula is C16H12F3N3O4S. The summed E-state index contributed by atoms with van der Waals surface area (Å²) in [6.07, 6.45) is -6.21. The van der Waals surface area contributed by atoms with E-state index in [4.69, 9.17) is 0 Å². The minimum Gasteiger partial charge on any atom is -0.293 e. The average molecular weight is 399 g/mol. The van der Waals surface area contributed by atoms with Gasteiger partial charge in [0.2, 0.25) is 5.91 Å². The van der Waals surface area contributed by atoms with Gasteiger partial charge >= 0.3 is 6.18 Å². The van der Waals surface area contributed by atoms with E-state index in [2.05, 4.69) is 5.10 Å². The van der Waals surface area contributed by atoms with Crippen LogP contribution in [0.4, 0.5) is 18.9 Å². The Morgan fingerprint density at radius 2 is 1.85 bits per heavy atom. The van der Waals surface area contributed by atoms with E-state index >= 15 is 0 Å². The molecule has 0 saturated heterocycles. The first kappa shape index (κ1) is 20.2. The zero-order valence-electron chi connectivity index (χ0n) is 13.5. The zero-order chi connectivity index (χ0) is 20.0. The monoisotopic (exact) mass is 399 g/mol. The molecule has 0 aliphatic carbocycles. The quantitative estimate of drug-likeness (QED) is 0.333. The number of thiophene rings is 1. The minimum atomic E-state index is -4.88. The Balaban J connectivity index is 2.03. The van der Waals surface area contributed by atoms with Crippen molar-refractivity contribution in [3.63, 3.8) is 0 Å². The number of nitrogens with zero attached hydrogens (tertiary/aromatic N) is 2. The minimum absolute atomic E-state index is 0.157. The van der Waals surface area contributed by atoms with Crippen molar-refractivity contribution in [2.24, 2.45) is 5.10 Å². The fourth-order valence-corrected chi connectivity index (χ4v) is 2.63. The van der Waals surface area contributed by atoms with Crippen LogP contribution in [0.5, 0.6) is 0 Å². The highest BCUT2D eigenvalue weighted by Crippen LogP contribution is 2.22. The Bertz CT molecular complexity index is 862. The van der Waals surface area contributed by atoms with Crippen LogP contribution in [0.1, 0.15) is 21.7 Å². The molecule has 0 saturated carbocycles. The number of carbonyl (C=O) groups is 2. The van der Waals surface area contributed by atoms with Crippen molar-refractivity contribution < 1.29 is 27.7 Å². The van der Waals surface area contributed by atoms with Crippen LogP contribution in [0.2, 0.25) is 0 Å². The average Bonchev–Trinajstić information content (AvgIpc) is 3.12. The number of carbonyl (C=O) groups excluding carboxylic acids is 2. The molecule has 0 fully saturated rings. The van der Waals surface area contributed by atoms with Crippen LogP contribution >= 0.6 is 11.3 Å². The molecule has 0 bridgehead atoms. The summed E-state index contributed by atoms with van der Waals surface area (Å²) < 4.78 is 39.1. The molecule has 0 aliphatic rings. The zero-order valence-corrected chi connectivity index (χ0v) is 14.3. The van der Waals surface area contributed by atoms with Crippen molar-refractivity contribution in [1.29, 1.82) is 0 Å². The van der Waals surface area contributed by atoms with Gasteiger partial charge in [-0.1, -0.05) is 18.2 Å². The number of Topliss-reactive ketones (excluding diaryl/α,β-unsaturated/α-hetero) is 1. The maximum atomic E-state index is 13.0. The molecule has 2 rings (SSSR count). The number of alkyl halides is 3. The molecule has 1 amide bonds. The van der Waals surface area contributed by atoms with Gasteiger partial charge in [-0.3, -0.25) is 19.7 Å². The topological polar surface area (TPSA) is 102 Å². The van der Waals surface area contributed by atoms with Crippen molar-refractivity contribution in [2.45, 2.75) is 19.0 Å². The summed E-state index contributed by atoms with van der Waals surface area (Å²) in [5, 5.41) is 15.2. The normalized spacial score (nSPS) is 11.9. The van der Waals surface area contributed by atoms with Gasteiger partial charge in [0, 0.05) is 12.1 Å². The maximum Gasteiger partial charge on any atom is 0.431 e. The van der Waals surface area contributed by atoms with Crippen LogP contribution in [0.25, 0.3) is 0 Å².